The highest BCUT2D eigenvalue weighted by molar-refractivity contribution is 8.07. The van der Waals surface area contributed by atoms with Crippen LogP contribution in [-0.4, -0.2) is 35.0 Å². The van der Waals surface area contributed by atoms with Crippen LogP contribution in [0.5, 0.6) is 0 Å². The smallest absolute Gasteiger partial charge is 0.233 e. The highest BCUT2D eigenvalue weighted by Crippen LogP contribution is 2.23. The molecule has 1 aromatic carbocycles. The van der Waals surface area contributed by atoms with Crippen LogP contribution in [0, 0.1) is 5.82 Å². The van der Waals surface area contributed by atoms with Crippen molar-refractivity contribution in [2.24, 2.45) is 0 Å². The average Bonchev–Trinajstić information content (AvgIpc) is 2.42. The Morgan fingerprint density at radius 2 is 2.11 bits per heavy atom. The van der Waals surface area contributed by atoms with E-state index in [-0.39, 0.29) is 17.0 Å². The molecule has 1 atom stereocenters. The van der Waals surface area contributed by atoms with Crippen molar-refractivity contribution >= 4 is 29.4 Å². The van der Waals surface area contributed by atoms with Crippen molar-refractivity contribution in [3.63, 3.8) is 0 Å². The maximum Gasteiger partial charge on any atom is 0.233 e. The summed E-state index contributed by atoms with van der Waals surface area (Å²) < 4.78 is 12.7. The predicted octanol–water partition coefficient (Wildman–Crippen LogP) is 2.33. The Kier molecular flexibility index (Phi) is 5.38. The molecule has 2 nitrogen and oxygen atoms in total. The third-order valence-electron chi connectivity index (χ3n) is 2.73. The topological polar surface area (TPSA) is 29.1 Å². The molecule has 1 heterocycles. The SMILES string of the molecule is O=C(NCCc1ccc(F)cc1)C1CSCCS1. The summed E-state index contributed by atoms with van der Waals surface area (Å²) in [5.41, 5.74) is 1.04. The number of carbonyl (C=O) groups is 1. The maximum atomic E-state index is 12.7. The number of amides is 1. The van der Waals surface area contributed by atoms with Crippen LogP contribution in [0.25, 0.3) is 0 Å². The van der Waals surface area contributed by atoms with E-state index < -0.39 is 0 Å². The zero-order valence-corrected chi connectivity index (χ0v) is 11.7. The Balaban J connectivity index is 1.71. The van der Waals surface area contributed by atoms with E-state index in [4.69, 9.17) is 0 Å². The zero-order chi connectivity index (χ0) is 12.8. The van der Waals surface area contributed by atoms with E-state index >= 15 is 0 Å². The van der Waals surface area contributed by atoms with Crippen molar-refractivity contribution in [2.45, 2.75) is 11.7 Å². The molecule has 0 bridgehead atoms. The van der Waals surface area contributed by atoms with E-state index in [0.29, 0.717) is 6.54 Å². The van der Waals surface area contributed by atoms with Gasteiger partial charge >= 0.3 is 0 Å². The van der Waals surface area contributed by atoms with Crippen LogP contribution in [0.15, 0.2) is 24.3 Å². The number of hydrogen-bond donors (Lipinski definition) is 1. The van der Waals surface area contributed by atoms with Crippen molar-refractivity contribution < 1.29 is 9.18 Å². The second kappa shape index (κ2) is 7.04. The van der Waals surface area contributed by atoms with Crippen molar-refractivity contribution in [1.82, 2.24) is 5.32 Å². The molecule has 1 N–H and O–H groups in total. The molecule has 0 aromatic heterocycles. The molecular formula is C13H16FNOS2. The lowest BCUT2D eigenvalue weighted by molar-refractivity contribution is -0.120. The normalized spacial score (nSPS) is 19.5. The third-order valence-corrected chi connectivity index (χ3v) is 5.49. The standard InChI is InChI=1S/C13H16FNOS2/c14-11-3-1-10(2-4-11)5-6-15-13(16)12-9-17-7-8-18-12/h1-4,12H,5-9H2,(H,15,16). The number of thioether (sulfide) groups is 2. The Morgan fingerprint density at radius 3 is 2.78 bits per heavy atom. The first-order valence-corrected chi connectivity index (χ1v) is 8.17. The van der Waals surface area contributed by atoms with Gasteiger partial charge in [0, 0.05) is 23.8 Å². The van der Waals surface area contributed by atoms with Gasteiger partial charge in [-0.05, 0) is 24.1 Å². The van der Waals surface area contributed by atoms with Gasteiger partial charge in [-0.25, -0.2) is 4.39 Å². The molecule has 0 aliphatic carbocycles. The van der Waals surface area contributed by atoms with Gasteiger partial charge in [-0.15, -0.1) is 11.8 Å². The van der Waals surface area contributed by atoms with Gasteiger partial charge in [-0.3, -0.25) is 4.79 Å². The molecule has 1 aromatic rings. The molecule has 1 fully saturated rings. The lowest BCUT2D eigenvalue weighted by atomic mass is 10.1. The highest BCUT2D eigenvalue weighted by Gasteiger charge is 2.21. The molecule has 0 saturated carbocycles. The van der Waals surface area contributed by atoms with Gasteiger partial charge in [0.25, 0.3) is 0 Å². The minimum atomic E-state index is -0.224. The van der Waals surface area contributed by atoms with Crippen molar-refractivity contribution in [3.05, 3.63) is 35.6 Å². The first kappa shape index (κ1) is 13.7. The number of hydrogen-bond acceptors (Lipinski definition) is 3. The molecule has 18 heavy (non-hydrogen) atoms. The molecule has 5 heteroatoms. The largest absolute Gasteiger partial charge is 0.355 e. The van der Waals surface area contributed by atoms with Crippen molar-refractivity contribution in [3.8, 4) is 0 Å². The zero-order valence-electron chi connectivity index (χ0n) is 10.0. The number of rotatable bonds is 4. The Labute approximate surface area is 115 Å². The predicted molar refractivity (Wildman–Crippen MR) is 76.7 cm³/mol. The molecule has 1 aliphatic heterocycles. The second-order valence-corrected chi connectivity index (χ2v) is 6.56. The van der Waals surface area contributed by atoms with E-state index in [1.165, 1.54) is 12.1 Å². The highest BCUT2D eigenvalue weighted by atomic mass is 32.2. The Morgan fingerprint density at radius 1 is 1.33 bits per heavy atom. The monoisotopic (exact) mass is 285 g/mol. The lowest BCUT2D eigenvalue weighted by Gasteiger charge is -2.20. The van der Waals surface area contributed by atoms with Gasteiger partial charge in [0.2, 0.25) is 5.91 Å². The van der Waals surface area contributed by atoms with Gasteiger partial charge in [0.15, 0.2) is 0 Å². The molecule has 98 valence electrons. The summed E-state index contributed by atoms with van der Waals surface area (Å²) >= 11 is 3.58. The minimum Gasteiger partial charge on any atom is -0.355 e. The van der Waals surface area contributed by atoms with Crippen LogP contribution in [-0.2, 0) is 11.2 Å². The molecule has 1 saturated heterocycles. The number of halogens is 1. The minimum absolute atomic E-state index is 0.0944. The summed E-state index contributed by atoms with van der Waals surface area (Å²) in [4.78, 5) is 11.8. The van der Waals surface area contributed by atoms with Gasteiger partial charge in [-0.2, -0.15) is 11.8 Å². The van der Waals surface area contributed by atoms with E-state index in [2.05, 4.69) is 5.32 Å². The van der Waals surface area contributed by atoms with Gasteiger partial charge in [0.1, 0.15) is 5.82 Å². The average molecular weight is 285 g/mol. The summed E-state index contributed by atoms with van der Waals surface area (Å²) in [7, 11) is 0. The summed E-state index contributed by atoms with van der Waals surface area (Å²) in [6, 6.07) is 6.41. The van der Waals surface area contributed by atoms with Crippen LogP contribution in [0.1, 0.15) is 5.56 Å². The number of carbonyl (C=O) groups excluding carboxylic acids is 1. The first-order valence-electron chi connectivity index (χ1n) is 5.97. The van der Waals surface area contributed by atoms with E-state index in [1.807, 2.05) is 11.8 Å². The fourth-order valence-corrected chi connectivity index (χ4v) is 4.32. The van der Waals surface area contributed by atoms with Gasteiger partial charge < -0.3 is 5.32 Å². The second-order valence-electron chi connectivity index (χ2n) is 4.10. The molecule has 1 aliphatic rings. The van der Waals surface area contributed by atoms with E-state index in [9.17, 15) is 9.18 Å². The van der Waals surface area contributed by atoms with Gasteiger partial charge in [-0.1, -0.05) is 12.1 Å². The molecule has 1 amide bonds. The maximum absolute atomic E-state index is 12.7. The molecule has 0 spiro atoms. The molecule has 2 rings (SSSR count). The van der Waals surface area contributed by atoms with Crippen LogP contribution >= 0.6 is 23.5 Å². The van der Waals surface area contributed by atoms with Crippen molar-refractivity contribution in [1.29, 1.82) is 0 Å². The van der Waals surface area contributed by atoms with Crippen LogP contribution in [0.3, 0.4) is 0 Å². The third kappa shape index (κ3) is 4.21. The molecule has 0 radical (unpaired) electrons. The summed E-state index contributed by atoms with van der Waals surface area (Å²) in [6.45, 7) is 0.617. The van der Waals surface area contributed by atoms with E-state index in [0.717, 1.165) is 29.2 Å². The first-order chi connectivity index (χ1) is 8.75. The summed E-state index contributed by atoms with van der Waals surface area (Å²) in [5.74, 6) is 3.02. The Bertz CT molecular complexity index is 390. The summed E-state index contributed by atoms with van der Waals surface area (Å²) in [5, 5.41) is 3.04. The lowest BCUT2D eigenvalue weighted by Crippen LogP contribution is -2.37. The van der Waals surface area contributed by atoms with Crippen molar-refractivity contribution in [2.75, 3.05) is 23.8 Å². The summed E-state index contributed by atoms with van der Waals surface area (Å²) in [6.07, 6.45) is 0.747. The number of benzene rings is 1. The molecule has 1 unspecified atom stereocenters. The molecular weight excluding hydrogens is 269 g/mol. The fraction of sp³-hybridized carbons (Fsp3) is 0.462. The van der Waals surface area contributed by atoms with Crippen LogP contribution in [0.2, 0.25) is 0 Å². The number of nitrogens with one attached hydrogen (secondary N) is 1. The fourth-order valence-electron chi connectivity index (χ4n) is 1.73. The van der Waals surface area contributed by atoms with Gasteiger partial charge in [0.05, 0.1) is 5.25 Å². The van der Waals surface area contributed by atoms with Crippen LogP contribution < -0.4 is 5.32 Å². The Hall–Kier alpha value is -0.680. The van der Waals surface area contributed by atoms with E-state index in [1.54, 1.807) is 23.9 Å². The quantitative estimate of drug-likeness (QED) is 0.920. The van der Waals surface area contributed by atoms with Crippen LogP contribution in [0.4, 0.5) is 4.39 Å².